The topological polar surface area (TPSA) is 58.6 Å². The second kappa shape index (κ2) is 10.6. The summed E-state index contributed by atoms with van der Waals surface area (Å²) in [5, 5.41) is 14.7. The highest BCUT2D eigenvalue weighted by molar-refractivity contribution is 5.99. The molecule has 0 spiro atoms. The molecule has 0 amide bonds. The van der Waals surface area contributed by atoms with Crippen molar-refractivity contribution in [1.82, 2.24) is 5.32 Å². The van der Waals surface area contributed by atoms with E-state index in [1.165, 1.54) is 25.3 Å². The highest BCUT2D eigenvalue weighted by Gasteiger charge is 2.15. The van der Waals surface area contributed by atoms with Gasteiger partial charge < -0.3 is 15.2 Å². The minimum Gasteiger partial charge on any atom is -0.494 e. The Morgan fingerprint density at radius 3 is 2.47 bits per heavy atom. The predicted molar refractivity (Wildman–Crippen MR) is 132 cm³/mol. The third-order valence-electron chi connectivity index (χ3n) is 5.72. The van der Waals surface area contributed by atoms with E-state index in [0.29, 0.717) is 12.1 Å². The number of hydrogen-bond donors (Lipinski definition) is 2. The fraction of sp³-hybridized carbons (Fsp3) is 0.148. The quantitative estimate of drug-likeness (QED) is 0.305. The molecule has 0 aromatic heterocycles. The Labute approximate surface area is 202 Å². The molecule has 7 heteroatoms. The maximum absolute atomic E-state index is 14.0. The number of carboxylic acids is 1. The van der Waals surface area contributed by atoms with Crippen LogP contribution in [0.3, 0.4) is 0 Å². The van der Waals surface area contributed by atoms with E-state index in [4.69, 9.17) is 4.74 Å². The van der Waals surface area contributed by atoms with Crippen LogP contribution in [0.25, 0.3) is 21.9 Å². The first-order chi connectivity index (χ1) is 15.9. The summed E-state index contributed by atoms with van der Waals surface area (Å²) in [7, 11) is 1.43. The van der Waals surface area contributed by atoms with E-state index in [2.05, 4.69) is 11.4 Å². The fourth-order valence-electron chi connectivity index (χ4n) is 3.90. The van der Waals surface area contributed by atoms with Crippen LogP contribution >= 0.6 is 12.4 Å². The van der Waals surface area contributed by atoms with Gasteiger partial charge in [-0.2, -0.15) is 0 Å². The van der Waals surface area contributed by atoms with Gasteiger partial charge in [-0.25, -0.2) is 13.6 Å². The van der Waals surface area contributed by atoms with Crippen LogP contribution in [0.2, 0.25) is 0 Å². The van der Waals surface area contributed by atoms with Gasteiger partial charge >= 0.3 is 5.97 Å². The molecule has 0 radical (unpaired) electrons. The van der Waals surface area contributed by atoms with Crippen LogP contribution in [-0.2, 0) is 6.54 Å². The van der Waals surface area contributed by atoms with Gasteiger partial charge in [-0.05, 0) is 76.3 Å². The van der Waals surface area contributed by atoms with Crippen LogP contribution in [0.1, 0.15) is 34.5 Å². The maximum Gasteiger partial charge on any atom is 0.338 e. The minimum absolute atomic E-state index is 0. The Balaban J connectivity index is 0.00000324. The van der Waals surface area contributed by atoms with E-state index in [1.54, 1.807) is 18.2 Å². The van der Waals surface area contributed by atoms with Crippen molar-refractivity contribution < 1.29 is 23.4 Å². The molecule has 0 unspecified atom stereocenters. The third-order valence-corrected chi connectivity index (χ3v) is 5.72. The van der Waals surface area contributed by atoms with Crippen LogP contribution in [-0.4, -0.2) is 18.2 Å². The molecule has 4 rings (SSSR count). The molecule has 34 heavy (non-hydrogen) atoms. The smallest absolute Gasteiger partial charge is 0.338 e. The lowest BCUT2D eigenvalue weighted by atomic mass is 9.94. The number of fused-ring (bicyclic) bond motifs is 1. The van der Waals surface area contributed by atoms with E-state index in [1.807, 2.05) is 37.3 Å². The van der Waals surface area contributed by atoms with Gasteiger partial charge in [0.2, 0.25) is 0 Å². The second-order valence-electron chi connectivity index (χ2n) is 7.86. The summed E-state index contributed by atoms with van der Waals surface area (Å²) < 4.78 is 32.8. The number of methoxy groups -OCH3 is 1. The molecule has 176 valence electrons. The Bertz CT molecular complexity index is 1340. The molecule has 0 bridgehead atoms. The van der Waals surface area contributed by atoms with Crippen molar-refractivity contribution in [2.75, 3.05) is 7.11 Å². The number of nitrogens with one attached hydrogen (secondary N) is 1. The summed E-state index contributed by atoms with van der Waals surface area (Å²) in [4.78, 5) is 11.4. The van der Waals surface area contributed by atoms with E-state index in [0.717, 1.165) is 27.5 Å². The molecule has 4 nitrogen and oxygen atoms in total. The normalized spacial score (nSPS) is 11.6. The Morgan fingerprint density at radius 1 is 1.00 bits per heavy atom. The molecule has 0 saturated carbocycles. The lowest BCUT2D eigenvalue weighted by Crippen LogP contribution is -2.18. The first kappa shape index (κ1) is 25.1. The fourth-order valence-corrected chi connectivity index (χ4v) is 3.90. The number of ether oxygens (including phenoxy) is 1. The monoisotopic (exact) mass is 483 g/mol. The van der Waals surface area contributed by atoms with Crippen LogP contribution in [0.15, 0.2) is 72.8 Å². The zero-order valence-corrected chi connectivity index (χ0v) is 19.5. The SMILES string of the molecule is COc1cc([C@@H](C)NCc2cc(-c3ccc(F)c(C(=O)O)c3)c3ccccc3c2)ccc1F.Cl. The number of carbonyl (C=O) groups is 1. The second-order valence-corrected chi connectivity index (χ2v) is 7.86. The number of rotatable bonds is 7. The summed E-state index contributed by atoms with van der Waals surface area (Å²) in [6.07, 6.45) is 0. The standard InChI is InChI=1S/C27H23F2NO3.ClH/c1-16(18-7-10-25(29)26(14-18)33-2)30-15-17-11-19-5-3-4-6-21(19)22(12-17)20-8-9-24(28)23(13-20)27(31)32;/h3-14,16,30H,15H2,1-2H3,(H,31,32);1H/t16-;/m1./s1. The Kier molecular flexibility index (Phi) is 7.87. The van der Waals surface area contributed by atoms with Crippen molar-refractivity contribution in [1.29, 1.82) is 0 Å². The molecule has 1 atom stereocenters. The zero-order chi connectivity index (χ0) is 23.5. The number of carboxylic acid groups (broad SMARTS) is 1. The van der Waals surface area contributed by atoms with E-state index >= 15 is 0 Å². The van der Waals surface area contributed by atoms with Gasteiger partial charge in [0, 0.05) is 12.6 Å². The Hall–Kier alpha value is -3.48. The van der Waals surface area contributed by atoms with Crippen molar-refractivity contribution in [2.24, 2.45) is 0 Å². The minimum atomic E-state index is -1.31. The van der Waals surface area contributed by atoms with Gasteiger partial charge in [0.05, 0.1) is 12.7 Å². The number of halogens is 3. The number of benzene rings is 4. The zero-order valence-electron chi connectivity index (χ0n) is 18.6. The van der Waals surface area contributed by atoms with E-state index < -0.39 is 17.6 Å². The highest BCUT2D eigenvalue weighted by Crippen LogP contribution is 2.32. The van der Waals surface area contributed by atoms with Crippen LogP contribution in [0, 0.1) is 11.6 Å². The van der Waals surface area contributed by atoms with E-state index in [-0.39, 0.29) is 29.8 Å². The molecular formula is C27H24ClF2NO3. The van der Waals surface area contributed by atoms with Crippen LogP contribution in [0.5, 0.6) is 5.75 Å². The van der Waals surface area contributed by atoms with Gasteiger partial charge in [-0.1, -0.05) is 36.4 Å². The van der Waals surface area contributed by atoms with Crippen molar-refractivity contribution >= 4 is 29.1 Å². The van der Waals surface area contributed by atoms with Crippen molar-refractivity contribution in [3.05, 3.63) is 101 Å². The lowest BCUT2D eigenvalue weighted by molar-refractivity contribution is 0.0692. The highest BCUT2D eigenvalue weighted by atomic mass is 35.5. The van der Waals surface area contributed by atoms with Gasteiger partial charge in [0.15, 0.2) is 11.6 Å². The average molecular weight is 484 g/mol. The first-order valence-corrected chi connectivity index (χ1v) is 10.5. The maximum atomic E-state index is 14.0. The van der Waals surface area contributed by atoms with Gasteiger partial charge in [0.1, 0.15) is 5.82 Å². The molecular weight excluding hydrogens is 460 g/mol. The Morgan fingerprint density at radius 2 is 1.74 bits per heavy atom. The largest absolute Gasteiger partial charge is 0.494 e. The molecule has 2 N–H and O–H groups in total. The van der Waals surface area contributed by atoms with Crippen LogP contribution in [0.4, 0.5) is 8.78 Å². The van der Waals surface area contributed by atoms with Gasteiger partial charge in [-0.15, -0.1) is 12.4 Å². The summed E-state index contributed by atoms with van der Waals surface area (Å²) in [5.74, 6) is -2.29. The summed E-state index contributed by atoms with van der Waals surface area (Å²) in [6.45, 7) is 2.50. The summed E-state index contributed by atoms with van der Waals surface area (Å²) >= 11 is 0. The molecule has 0 saturated heterocycles. The third kappa shape index (κ3) is 5.19. The molecule has 0 aliphatic heterocycles. The molecule has 4 aromatic carbocycles. The van der Waals surface area contributed by atoms with Crippen LogP contribution < -0.4 is 10.1 Å². The average Bonchev–Trinajstić information content (AvgIpc) is 2.82. The number of hydrogen-bond acceptors (Lipinski definition) is 3. The van der Waals surface area contributed by atoms with Gasteiger partial charge in [0.25, 0.3) is 0 Å². The molecule has 4 aromatic rings. The summed E-state index contributed by atoms with van der Waals surface area (Å²) in [5.41, 5.74) is 2.95. The lowest BCUT2D eigenvalue weighted by Gasteiger charge is -2.17. The predicted octanol–water partition coefficient (Wildman–Crippen LogP) is 6.76. The molecule has 0 aliphatic rings. The van der Waals surface area contributed by atoms with Gasteiger partial charge in [-0.3, -0.25) is 0 Å². The van der Waals surface area contributed by atoms with Crippen molar-refractivity contribution in [3.63, 3.8) is 0 Å². The van der Waals surface area contributed by atoms with E-state index in [9.17, 15) is 18.7 Å². The molecule has 0 heterocycles. The molecule has 0 aliphatic carbocycles. The number of aromatic carboxylic acids is 1. The van der Waals surface area contributed by atoms with Crippen molar-refractivity contribution in [2.45, 2.75) is 19.5 Å². The first-order valence-electron chi connectivity index (χ1n) is 10.5. The van der Waals surface area contributed by atoms with Crippen molar-refractivity contribution in [3.8, 4) is 16.9 Å². The molecule has 0 fully saturated rings. The summed E-state index contributed by atoms with van der Waals surface area (Å²) in [6, 6.07) is 20.7.